The molecule has 8 nitrogen and oxygen atoms in total. The van der Waals surface area contributed by atoms with E-state index in [1.54, 1.807) is 24.3 Å². The third kappa shape index (κ3) is 2.91. The van der Waals surface area contributed by atoms with Gasteiger partial charge >= 0.3 is 5.97 Å². The number of hydrogen-bond acceptors (Lipinski definition) is 6. The molecule has 2 rings (SSSR count). The molecular weight excluding hydrogens is 264 g/mol. The Balaban J connectivity index is 2.14. The van der Waals surface area contributed by atoms with Crippen LogP contribution in [0.5, 0.6) is 5.75 Å². The Labute approximate surface area is 113 Å². The smallest absolute Gasteiger partial charge is 0.343 e. The van der Waals surface area contributed by atoms with Crippen molar-refractivity contribution in [3.63, 3.8) is 0 Å². The lowest BCUT2D eigenvalue weighted by Gasteiger charge is -2.05. The number of rotatable bonds is 5. The first-order valence-corrected chi connectivity index (χ1v) is 5.62. The first kappa shape index (κ1) is 13.5. The molecule has 104 valence electrons. The van der Waals surface area contributed by atoms with Gasteiger partial charge in [0.1, 0.15) is 11.4 Å². The maximum atomic E-state index is 11.2. The quantitative estimate of drug-likeness (QED) is 0.748. The summed E-state index contributed by atoms with van der Waals surface area (Å²) in [5.41, 5.74) is 6.26. The molecular formula is C12H12N4O4. The molecule has 1 heterocycles. The number of H-pyrrole nitrogens is 1. The normalized spacial score (nSPS) is 10.1. The Bertz CT molecular complexity index is 621. The fraction of sp³-hybridized carbons (Fsp3) is 0.167. The van der Waals surface area contributed by atoms with Crippen LogP contribution in [-0.4, -0.2) is 41.0 Å². The van der Waals surface area contributed by atoms with Gasteiger partial charge in [-0.3, -0.25) is 4.79 Å². The molecule has 0 spiro atoms. The number of amides is 1. The van der Waals surface area contributed by atoms with E-state index in [-0.39, 0.29) is 12.3 Å². The van der Waals surface area contributed by atoms with Gasteiger partial charge in [0.05, 0.1) is 7.11 Å². The number of aromatic amines is 1. The second-order valence-corrected chi connectivity index (χ2v) is 3.77. The van der Waals surface area contributed by atoms with E-state index in [1.165, 1.54) is 7.11 Å². The van der Waals surface area contributed by atoms with Gasteiger partial charge in [0, 0.05) is 5.56 Å². The maximum absolute atomic E-state index is 11.2. The Morgan fingerprint density at radius 3 is 2.55 bits per heavy atom. The number of carbonyl (C=O) groups is 2. The largest absolute Gasteiger partial charge is 0.482 e. The minimum atomic E-state index is -0.667. The van der Waals surface area contributed by atoms with Crippen LogP contribution in [-0.2, 0) is 9.53 Å². The predicted octanol–water partition coefficient (Wildman–Crippen LogP) is 0.122. The second kappa shape index (κ2) is 5.83. The number of benzene rings is 1. The number of methoxy groups -OCH3 is 1. The molecule has 0 saturated carbocycles. The Morgan fingerprint density at radius 2 is 1.95 bits per heavy atom. The Morgan fingerprint density at radius 1 is 1.25 bits per heavy atom. The number of ether oxygens (including phenoxy) is 2. The third-order valence-corrected chi connectivity index (χ3v) is 2.49. The summed E-state index contributed by atoms with van der Waals surface area (Å²) in [7, 11) is 1.28. The van der Waals surface area contributed by atoms with Crippen LogP contribution >= 0.6 is 0 Å². The van der Waals surface area contributed by atoms with Crippen LogP contribution in [0.2, 0.25) is 0 Å². The zero-order valence-corrected chi connectivity index (χ0v) is 10.6. The minimum absolute atomic E-state index is 0.0632. The summed E-state index contributed by atoms with van der Waals surface area (Å²) in [4.78, 5) is 22.1. The number of nitrogens with zero attached hydrogens (tertiary/aromatic N) is 2. The molecule has 3 N–H and O–H groups in total. The van der Waals surface area contributed by atoms with Crippen molar-refractivity contribution in [3.8, 4) is 17.0 Å². The lowest BCUT2D eigenvalue weighted by molar-refractivity contribution is -0.142. The summed E-state index contributed by atoms with van der Waals surface area (Å²) in [6.07, 6.45) is 0. The van der Waals surface area contributed by atoms with Crippen molar-refractivity contribution < 1.29 is 19.1 Å². The zero-order chi connectivity index (χ0) is 14.5. The van der Waals surface area contributed by atoms with E-state index in [0.717, 1.165) is 0 Å². The average molecular weight is 276 g/mol. The minimum Gasteiger partial charge on any atom is -0.482 e. The SMILES string of the molecule is COC(=O)COc1ccc(-c2n[nH]nc2C(N)=O)cc1. The van der Waals surface area contributed by atoms with Gasteiger partial charge in [0.15, 0.2) is 12.3 Å². The van der Waals surface area contributed by atoms with E-state index in [1.807, 2.05) is 0 Å². The molecule has 1 aromatic carbocycles. The molecule has 0 aliphatic rings. The Hall–Kier alpha value is -2.90. The molecule has 0 atom stereocenters. The molecule has 2 aromatic rings. The molecule has 0 saturated heterocycles. The van der Waals surface area contributed by atoms with Gasteiger partial charge in [-0.15, -0.1) is 0 Å². The summed E-state index contributed by atoms with van der Waals surface area (Å²) in [5.74, 6) is -0.648. The number of esters is 1. The standard InChI is InChI=1S/C12H12N4O4/c1-19-9(17)6-20-8-4-2-7(3-5-8)10-11(12(13)18)15-16-14-10/h2-5H,6H2,1H3,(H2,13,18)(H,14,15,16). The maximum Gasteiger partial charge on any atom is 0.343 e. The van der Waals surface area contributed by atoms with Crippen molar-refractivity contribution in [2.45, 2.75) is 0 Å². The van der Waals surface area contributed by atoms with Gasteiger partial charge < -0.3 is 15.2 Å². The number of hydrogen-bond donors (Lipinski definition) is 2. The first-order valence-electron chi connectivity index (χ1n) is 5.62. The van der Waals surface area contributed by atoms with Crippen molar-refractivity contribution in [3.05, 3.63) is 30.0 Å². The van der Waals surface area contributed by atoms with Gasteiger partial charge in [-0.1, -0.05) is 0 Å². The average Bonchev–Trinajstić information content (AvgIpc) is 2.95. The fourth-order valence-corrected chi connectivity index (χ4v) is 1.51. The molecule has 0 aliphatic heterocycles. The lowest BCUT2D eigenvalue weighted by Crippen LogP contribution is -2.13. The van der Waals surface area contributed by atoms with E-state index in [0.29, 0.717) is 17.0 Å². The topological polar surface area (TPSA) is 120 Å². The van der Waals surface area contributed by atoms with E-state index in [4.69, 9.17) is 10.5 Å². The summed E-state index contributed by atoms with van der Waals surface area (Å²) in [5, 5.41) is 9.90. The van der Waals surface area contributed by atoms with E-state index < -0.39 is 11.9 Å². The van der Waals surface area contributed by atoms with Crippen molar-refractivity contribution in [1.29, 1.82) is 0 Å². The number of nitrogens with one attached hydrogen (secondary N) is 1. The van der Waals surface area contributed by atoms with Crippen molar-refractivity contribution >= 4 is 11.9 Å². The van der Waals surface area contributed by atoms with Crippen molar-refractivity contribution in [1.82, 2.24) is 15.4 Å². The van der Waals surface area contributed by atoms with Gasteiger partial charge in [0.2, 0.25) is 0 Å². The van der Waals surface area contributed by atoms with Crippen LogP contribution in [0.1, 0.15) is 10.5 Å². The van der Waals surface area contributed by atoms with Crippen LogP contribution in [0, 0.1) is 0 Å². The molecule has 8 heteroatoms. The molecule has 0 radical (unpaired) electrons. The molecule has 20 heavy (non-hydrogen) atoms. The highest BCUT2D eigenvalue weighted by Gasteiger charge is 2.15. The molecule has 1 aromatic heterocycles. The molecule has 0 unspecified atom stereocenters. The highest BCUT2D eigenvalue weighted by molar-refractivity contribution is 5.96. The number of primary amides is 1. The molecule has 0 fully saturated rings. The fourth-order valence-electron chi connectivity index (χ4n) is 1.51. The summed E-state index contributed by atoms with van der Waals surface area (Å²) in [6.45, 7) is -0.174. The monoisotopic (exact) mass is 276 g/mol. The molecule has 1 amide bonds. The Kier molecular flexibility index (Phi) is 3.94. The summed E-state index contributed by atoms with van der Waals surface area (Å²) < 4.78 is 9.66. The number of nitrogens with two attached hydrogens (primary N) is 1. The van der Waals surface area contributed by atoms with Crippen LogP contribution in [0.4, 0.5) is 0 Å². The predicted molar refractivity (Wildman–Crippen MR) is 67.8 cm³/mol. The van der Waals surface area contributed by atoms with Gasteiger partial charge in [-0.2, -0.15) is 15.4 Å². The highest BCUT2D eigenvalue weighted by Crippen LogP contribution is 2.22. The zero-order valence-electron chi connectivity index (χ0n) is 10.6. The summed E-state index contributed by atoms with van der Waals surface area (Å²) in [6, 6.07) is 6.63. The van der Waals surface area contributed by atoms with Gasteiger partial charge in [-0.25, -0.2) is 4.79 Å². The molecule has 0 bridgehead atoms. The number of carbonyl (C=O) groups excluding carboxylic acids is 2. The van der Waals surface area contributed by atoms with Gasteiger partial charge in [-0.05, 0) is 24.3 Å². The van der Waals surface area contributed by atoms with Crippen molar-refractivity contribution in [2.75, 3.05) is 13.7 Å². The lowest BCUT2D eigenvalue weighted by atomic mass is 10.1. The third-order valence-electron chi connectivity index (χ3n) is 2.49. The van der Waals surface area contributed by atoms with Crippen LogP contribution in [0.25, 0.3) is 11.3 Å². The van der Waals surface area contributed by atoms with Crippen LogP contribution < -0.4 is 10.5 Å². The van der Waals surface area contributed by atoms with E-state index in [2.05, 4.69) is 20.1 Å². The highest BCUT2D eigenvalue weighted by atomic mass is 16.6. The summed E-state index contributed by atoms with van der Waals surface area (Å²) >= 11 is 0. The van der Waals surface area contributed by atoms with Crippen LogP contribution in [0.3, 0.4) is 0 Å². The molecule has 0 aliphatic carbocycles. The van der Waals surface area contributed by atoms with Gasteiger partial charge in [0.25, 0.3) is 5.91 Å². The van der Waals surface area contributed by atoms with E-state index >= 15 is 0 Å². The van der Waals surface area contributed by atoms with Crippen LogP contribution in [0.15, 0.2) is 24.3 Å². The number of aromatic nitrogens is 3. The first-order chi connectivity index (χ1) is 9.61. The van der Waals surface area contributed by atoms with Crippen molar-refractivity contribution in [2.24, 2.45) is 5.73 Å². The second-order valence-electron chi connectivity index (χ2n) is 3.77. The van der Waals surface area contributed by atoms with E-state index in [9.17, 15) is 9.59 Å².